The fraction of sp³-hybridized carbons (Fsp3) is 0.400. The van der Waals surface area contributed by atoms with Gasteiger partial charge in [-0.15, -0.1) is 0 Å². The van der Waals surface area contributed by atoms with Gasteiger partial charge in [0.05, 0.1) is 11.3 Å². The van der Waals surface area contributed by atoms with Crippen LogP contribution in [0.2, 0.25) is 0 Å². The molecular formula is C25H32N4O3. The second kappa shape index (κ2) is 11.2. The van der Waals surface area contributed by atoms with E-state index in [4.69, 9.17) is 10.5 Å². The Morgan fingerprint density at radius 1 is 1.09 bits per heavy atom. The van der Waals surface area contributed by atoms with Crippen molar-refractivity contribution >= 4 is 17.7 Å². The zero-order valence-corrected chi connectivity index (χ0v) is 19.2. The molecule has 0 radical (unpaired) electrons. The topological polar surface area (TPSA) is 108 Å². The zero-order valence-electron chi connectivity index (χ0n) is 19.2. The van der Waals surface area contributed by atoms with Crippen LogP contribution in [0.1, 0.15) is 46.1 Å². The van der Waals surface area contributed by atoms with Crippen molar-refractivity contribution in [1.82, 2.24) is 5.32 Å². The molecular weight excluding hydrogens is 404 g/mol. The first-order valence-electron chi connectivity index (χ1n) is 10.7. The monoisotopic (exact) mass is 436 g/mol. The highest BCUT2D eigenvalue weighted by molar-refractivity contribution is 5.83. The molecule has 1 heterocycles. The first-order chi connectivity index (χ1) is 15.1. The molecule has 170 valence electrons. The minimum absolute atomic E-state index is 0.568. The highest BCUT2D eigenvalue weighted by Gasteiger charge is 2.19. The molecule has 32 heavy (non-hydrogen) atoms. The molecule has 0 saturated carbocycles. The molecule has 1 fully saturated rings. The minimum atomic E-state index is -0.713. The van der Waals surface area contributed by atoms with Crippen molar-refractivity contribution in [3.05, 3.63) is 54.1 Å². The predicted octanol–water partition coefficient (Wildman–Crippen LogP) is 4.21. The van der Waals surface area contributed by atoms with Gasteiger partial charge in [0.2, 0.25) is 5.91 Å². The van der Waals surface area contributed by atoms with Crippen LogP contribution in [-0.4, -0.2) is 36.7 Å². The molecule has 3 N–H and O–H groups in total. The van der Waals surface area contributed by atoms with Gasteiger partial charge in [0.25, 0.3) is 0 Å². The molecule has 1 unspecified atom stereocenters. The number of carbonyl (C=O) groups excluding carboxylic acids is 2. The van der Waals surface area contributed by atoms with Crippen LogP contribution < -0.4 is 16.0 Å². The van der Waals surface area contributed by atoms with Gasteiger partial charge in [-0.1, -0.05) is 36.4 Å². The summed E-state index contributed by atoms with van der Waals surface area (Å²) in [5, 5.41) is 11.6. The standard InChI is InChI=1S/C17H16N2.C8H16N2O3/c18-13-16-9-8-15(14-6-2-1-3-7-14)12-17(16)19-10-4-5-11-19;1-5(6(9)11)10-7(12)13-8(2,3)4/h1-3,6-9,12H,4-5,10-11H2;5H,1-4H3,(H2,9,11)(H,10,12). The lowest BCUT2D eigenvalue weighted by molar-refractivity contribution is -0.119. The second-order valence-corrected chi connectivity index (χ2v) is 8.67. The summed E-state index contributed by atoms with van der Waals surface area (Å²) < 4.78 is 4.90. The summed E-state index contributed by atoms with van der Waals surface area (Å²) in [6, 6.07) is 18.0. The number of ether oxygens (including phenoxy) is 1. The van der Waals surface area contributed by atoms with E-state index in [0.29, 0.717) is 0 Å². The second-order valence-electron chi connectivity index (χ2n) is 8.67. The maximum absolute atomic E-state index is 11.0. The molecule has 1 aliphatic rings. The average Bonchev–Trinajstić information content (AvgIpc) is 3.27. The summed E-state index contributed by atoms with van der Waals surface area (Å²) in [5.41, 5.74) is 8.62. The van der Waals surface area contributed by atoms with Crippen LogP contribution in [0, 0.1) is 11.3 Å². The number of nitrogens with two attached hydrogens (primary N) is 1. The van der Waals surface area contributed by atoms with Gasteiger partial charge < -0.3 is 20.7 Å². The van der Waals surface area contributed by atoms with Crippen LogP contribution in [0.15, 0.2) is 48.5 Å². The number of anilines is 1. The van der Waals surface area contributed by atoms with Crippen molar-refractivity contribution in [3.8, 4) is 17.2 Å². The van der Waals surface area contributed by atoms with Crippen LogP contribution in [-0.2, 0) is 9.53 Å². The lowest BCUT2D eigenvalue weighted by Crippen LogP contribution is -2.44. The molecule has 1 aliphatic heterocycles. The Labute approximate surface area is 190 Å². The Morgan fingerprint density at radius 2 is 1.72 bits per heavy atom. The molecule has 0 aromatic heterocycles. The molecule has 7 nitrogen and oxygen atoms in total. The summed E-state index contributed by atoms with van der Waals surface area (Å²) in [5.74, 6) is -0.592. The van der Waals surface area contributed by atoms with Crippen LogP contribution >= 0.6 is 0 Å². The number of nitriles is 1. The first kappa shape index (κ1) is 24.7. The maximum atomic E-state index is 11.0. The molecule has 1 atom stereocenters. The van der Waals surface area contributed by atoms with E-state index in [-0.39, 0.29) is 0 Å². The van der Waals surface area contributed by atoms with Crippen molar-refractivity contribution in [1.29, 1.82) is 5.26 Å². The Balaban J connectivity index is 0.000000247. The van der Waals surface area contributed by atoms with Crippen LogP contribution in [0.5, 0.6) is 0 Å². The van der Waals surface area contributed by atoms with Gasteiger partial charge in [0.15, 0.2) is 0 Å². The number of benzene rings is 2. The smallest absolute Gasteiger partial charge is 0.408 e. The lowest BCUT2D eigenvalue weighted by Gasteiger charge is -2.20. The summed E-state index contributed by atoms with van der Waals surface area (Å²) in [4.78, 5) is 23.9. The maximum Gasteiger partial charge on any atom is 0.408 e. The number of carbonyl (C=O) groups is 2. The van der Waals surface area contributed by atoms with E-state index >= 15 is 0 Å². The van der Waals surface area contributed by atoms with Crippen LogP contribution in [0.4, 0.5) is 10.5 Å². The van der Waals surface area contributed by atoms with Gasteiger partial charge in [0.1, 0.15) is 17.7 Å². The van der Waals surface area contributed by atoms with E-state index in [2.05, 4.69) is 34.5 Å². The molecule has 7 heteroatoms. The van der Waals surface area contributed by atoms with Crippen molar-refractivity contribution in [2.75, 3.05) is 18.0 Å². The van der Waals surface area contributed by atoms with Gasteiger partial charge >= 0.3 is 6.09 Å². The minimum Gasteiger partial charge on any atom is -0.444 e. The average molecular weight is 437 g/mol. The fourth-order valence-corrected chi connectivity index (χ4v) is 3.21. The lowest BCUT2D eigenvalue weighted by atomic mass is 10.0. The van der Waals surface area contributed by atoms with Crippen LogP contribution in [0.3, 0.4) is 0 Å². The Kier molecular flexibility index (Phi) is 8.65. The van der Waals surface area contributed by atoms with Crippen molar-refractivity contribution in [2.45, 2.75) is 52.2 Å². The summed E-state index contributed by atoms with van der Waals surface area (Å²) in [6.45, 7) is 8.83. The first-order valence-corrected chi connectivity index (χ1v) is 10.7. The van der Waals surface area contributed by atoms with Crippen molar-refractivity contribution in [2.24, 2.45) is 5.73 Å². The van der Waals surface area contributed by atoms with E-state index in [1.807, 2.05) is 30.3 Å². The van der Waals surface area contributed by atoms with E-state index < -0.39 is 23.6 Å². The van der Waals surface area contributed by atoms with E-state index in [9.17, 15) is 14.9 Å². The highest BCUT2D eigenvalue weighted by atomic mass is 16.6. The molecule has 2 amide bonds. The van der Waals surface area contributed by atoms with Gasteiger partial charge in [-0.2, -0.15) is 5.26 Å². The van der Waals surface area contributed by atoms with Crippen molar-refractivity contribution < 1.29 is 14.3 Å². The van der Waals surface area contributed by atoms with Crippen molar-refractivity contribution in [3.63, 3.8) is 0 Å². The number of hydrogen-bond donors (Lipinski definition) is 2. The van der Waals surface area contributed by atoms with E-state index in [0.717, 1.165) is 24.3 Å². The van der Waals surface area contributed by atoms with Crippen LogP contribution in [0.25, 0.3) is 11.1 Å². The number of primary amides is 1. The van der Waals surface area contributed by atoms with E-state index in [1.165, 1.54) is 30.9 Å². The molecule has 2 aromatic rings. The van der Waals surface area contributed by atoms with E-state index in [1.54, 1.807) is 20.8 Å². The van der Waals surface area contributed by atoms with Gasteiger partial charge in [-0.3, -0.25) is 4.79 Å². The molecule has 0 spiro atoms. The third kappa shape index (κ3) is 7.62. The largest absolute Gasteiger partial charge is 0.444 e. The molecule has 1 saturated heterocycles. The molecule has 0 bridgehead atoms. The molecule has 2 aromatic carbocycles. The Bertz CT molecular complexity index is 955. The number of rotatable bonds is 4. The van der Waals surface area contributed by atoms with Gasteiger partial charge in [0, 0.05) is 13.1 Å². The van der Waals surface area contributed by atoms with Gasteiger partial charge in [-0.25, -0.2) is 4.79 Å². The summed E-state index contributed by atoms with van der Waals surface area (Å²) in [6.07, 6.45) is 1.81. The predicted molar refractivity (Wildman–Crippen MR) is 126 cm³/mol. The summed E-state index contributed by atoms with van der Waals surface area (Å²) >= 11 is 0. The number of alkyl carbamates (subject to hydrolysis) is 1. The molecule has 3 rings (SSSR count). The Morgan fingerprint density at radius 3 is 2.25 bits per heavy atom. The van der Waals surface area contributed by atoms with Gasteiger partial charge in [-0.05, 0) is 63.8 Å². The third-order valence-electron chi connectivity index (χ3n) is 4.83. The third-order valence-corrected chi connectivity index (χ3v) is 4.83. The number of hydrogen-bond acceptors (Lipinski definition) is 5. The number of nitrogens with zero attached hydrogens (tertiary/aromatic N) is 2. The molecule has 0 aliphatic carbocycles. The number of nitrogens with one attached hydrogen (secondary N) is 1. The Hall–Kier alpha value is -3.53. The summed E-state index contributed by atoms with van der Waals surface area (Å²) in [7, 11) is 0. The highest BCUT2D eigenvalue weighted by Crippen LogP contribution is 2.30. The normalized spacial score (nSPS) is 13.9. The SMILES string of the molecule is CC(NC(=O)OC(C)(C)C)C(N)=O.N#Cc1ccc(-c2ccccc2)cc1N1CCCC1. The zero-order chi connectivity index (χ0) is 23.7. The fourth-order valence-electron chi connectivity index (χ4n) is 3.21. The quantitative estimate of drug-likeness (QED) is 0.746. The number of amides is 2.